The van der Waals surface area contributed by atoms with Crippen molar-refractivity contribution in [2.75, 3.05) is 6.54 Å². The van der Waals surface area contributed by atoms with Crippen LogP contribution in [0.4, 0.5) is 0 Å². The van der Waals surface area contributed by atoms with E-state index in [-0.39, 0.29) is 24.3 Å². The predicted molar refractivity (Wildman–Crippen MR) is 126 cm³/mol. The zero-order chi connectivity index (χ0) is 22.9. The highest BCUT2D eigenvalue weighted by Crippen LogP contribution is 2.27. The quantitative estimate of drug-likeness (QED) is 0.482. The van der Waals surface area contributed by atoms with Crippen molar-refractivity contribution in [1.29, 1.82) is 5.26 Å². The largest absolute Gasteiger partial charge is 0.341 e. The fraction of sp³-hybridized carbons (Fsp3) is 0.192. The molecule has 0 unspecified atom stereocenters. The third-order valence-electron chi connectivity index (χ3n) is 5.25. The van der Waals surface area contributed by atoms with Crippen LogP contribution in [-0.2, 0) is 4.79 Å². The smallest absolute Gasteiger partial charge is 0.251 e. The number of carbonyl (C=O) groups excluding carboxylic acids is 2. The highest BCUT2D eigenvalue weighted by Gasteiger charge is 2.24. The Bertz CT molecular complexity index is 1110. The van der Waals surface area contributed by atoms with Crippen LogP contribution in [-0.4, -0.2) is 24.4 Å². The van der Waals surface area contributed by atoms with Crippen molar-refractivity contribution in [2.45, 2.75) is 25.3 Å². The maximum absolute atomic E-state index is 12.9. The van der Waals surface area contributed by atoms with E-state index in [1.807, 2.05) is 79.7 Å². The lowest BCUT2D eigenvalue weighted by Gasteiger charge is -2.22. The average Bonchev–Trinajstić information content (AvgIpc) is 2.83. The van der Waals surface area contributed by atoms with Gasteiger partial charge in [0, 0.05) is 16.1 Å². The normalized spacial score (nSPS) is 12.3. The van der Waals surface area contributed by atoms with E-state index in [1.165, 1.54) is 0 Å². The maximum Gasteiger partial charge on any atom is 0.251 e. The monoisotopic (exact) mass is 445 g/mol. The van der Waals surface area contributed by atoms with Crippen molar-refractivity contribution in [3.8, 4) is 17.2 Å². The summed E-state index contributed by atoms with van der Waals surface area (Å²) in [5.74, 6) is -0.694. The van der Waals surface area contributed by atoms with E-state index in [0.717, 1.165) is 16.7 Å². The summed E-state index contributed by atoms with van der Waals surface area (Å²) < 4.78 is 0. The average molecular weight is 446 g/mol. The summed E-state index contributed by atoms with van der Waals surface area (Å²) in [6.07, 6.45) is 0.407. The van der Waals surface area contributed by atoms with E-state index >= 15 is 0 Å². The van der Waals surface area contributed by atoms with Crippen LogP contribution in [0.2, 0.25) is 5.02 Å². The molecule has 0 saturated carbocycles. The second-order valence-electron chi connectivity index (χ2n) is 7.51. The zero-order valence-electron chi connectivity index (χ0n) is 17.7. The molecule has 2 atom stereocenters. The van der Waals surface area contributed by atoms with Crippen molar-refractivity contribution in [3.05, 3.63) is 95.0 Å². The van der Waals surface area contributed by atoms with Gasteiger partial charge in [-0.25, -0.2) is 0 Å². The van der Waals surface area contributed by atoms with Crippen molar-refractivity contribution in [3.63, 3.8) is 0 Å². The summed E-state index contributed by atoms with van der Waals surface area (Å²) in [5, 5.41) is 14.8. The molecular weight excluding hydrogens is 422 g/mol. The number of hydrogen-bond donors (Lipinski definition) is 2. The summed E-state index contributed by atoms with van der Waals surface area (Å²) in [6, 6.07) is 25.5. The highest BCUT2D eigenvalue weighted by molar-refractivity contribution is 6.33. The molecule has 32 heavy (non-hydrogen) atoms. The molecule has 6 heteroatoms. The van der Waals surface area contributed by atoms with Crippen molar-refractivity contribution in [1.82, 2.24) is 10.6 Å². The molecule has 0 aliphatic carbocycles. The first kappa shape index (κ1) is 23.1. The number of amides is 2. The number of hydrogen-bond acceptors (Lipinski definition) is 3. The van der Waals surface area contributed by atoms with Crippen molar-refractivity contribution >= 4 is 23.4 Å². The number of rotatable bonds is 8. The second kappa shape index (κ2) is 11.1. The Morgan fingerprint density at radius 1 is 0.969 bits per heavy atom. The van der Waals surface area contributed by atoms with Gasteiger partial charge in [-0.3, -0.25) is 9.59 Å². The molecular formula is C26H24ClN3O2. The highest BCUT2D eigenvalue weighted by atomic mass is 35.5. The lowest BCUT2D eigenvalue weighted by molar-refractivity contribution is -0.123. The minimum Gasteiger partial charge on any atom is -0.341 e. The van der Waals surface area contributed by atoms with Crippen LogP contribution in [0.1, 0.15) is 35.2 Å². The van der Waals surface area contributed by atoms with Gasteiger partial charge in [-0.1, -0.05) is 79.2 Å². The Labute approximate surface area is 193 Å². The molecule has 162 valence electrons. The Balaban J connectivity index is 1.74. The van der Waals surface area contributed by atoms with Gasteiger partial charge in [0.05, 0.1) is 6.07 Å². The second-order valence-corrected chi connectivity index (χ2v) is 7.91. The molecule has 0 bridgehead atoms. The minimum absolute atomic E-state index is 0.0388. The molecule has 0 aliphatic rings. The molecule has 0 aromatic heterocycles. The van der Waals surface area contributed by atoms with Gasteiger partial charge in [0.15, 0.2) is 0 Å². The Morgan fingerprint density at radius 3 is 2.28 bits per heavy atom. The number of nitrogens with zero attached hydrogens (tertiary/aromatic N) is 1. The van der Waals surface area contributed by atoms with Crippen LogP contribution >= 0.6 is 11.6 Å². The Kier molecular flexibility index (Phi) is 8.02. The molecule has 0 heterocycles. The molecule has 0 radical (unpaired) electrons. The first-order valence-corrected chi connectivity index (χ1v) is 10.7. The minimum atomic E-state index is -0.769. The van der Waals surface area contributed by atoms with Crippen LogP contribution in [0, 0.1) is 11.3 Å². The molecule has 2 amide bonds. The van der Waals surface area contributed by atoms with Crippen LogP contribution in [0.25, 0.3) is 11.1 Å². The molecule has 5 nitrogen and oxygen atoms in total. The van der Waals surface area contributed by atoms with Crippen LogP contribution in [0.3, 0.4) is 0 Å². The molecule has 0 saturated heterocycles. The predicted octanol–water partition coefficient (Wildman–Crippen LogP) is 4.94. The number of benzene rings is 3. The first-order valence-electron chi connectivity index (χ1n) is 10.3. The standard InChI is InChI=1S/C26H24ClN3O2/c1-18(19-7-3-2-4-8-19)17-24(26(32)29-16-15-28)30-25(31)21-13-11-20(12-14-21)22-9-5-6-10-23(22)27/h2-14,18,24H,16-17H2,1H3,(H,29,32)(H,30,31)/t18-,24+/m1/s1. The van der Waals surface area contributed by atoms with Crippen molar-refractivity contribution in [2.24, 2.45) is 0 Å². The van der Waals surface area contributed by atoms with E-state index in [2.05, 4.69) is 10.6 Å². The van der Waals surface area contributed by atoms with Gasteiger partial charge in [0.2, 0.25) is 5.91 Å². The van der Waals surface area contributed by atoms with Gasteiger partial charge < -0.3 is 10.6 Å². The lowest BCUT2D eigenvalue weighted by Crippen LogP contribution is -2.47. The molecule has 2 N–H and O–H groups in total. The summed E-state index contributed by atoms with van der Waals surface area (Å²) in [7, 11) is 0. The van der Waals surface area contributed by atoms with Crippen LogP contribution < -0.4 is 10.6 Å². The molecule has 3 rings (SSSR count). The summed E-state index contributed by atoms with van der Waals surface area (Å²) in [5.41, 5.74) is 3.29. The summed E-state index contributed by atoms with van der Waals surface area (Å²) >= 11 is 6.26. The number of carbonyl (C=O) groups is 2. The fourth-order valence-corrected chi connectivity index (χ4v) is 3.74. The third-order valence-corrected chi connectivity index (χ3v) is 5.58. The Hall–Kier alpha value is -3.62. The van der Waals surface area contributed by atoms with E-state index < -0.39 is 6.04 Å². The number of nitrogens with one attached hydrogen (secondary N) is 2. The number of nitriles is 1. The van der Waals surface area contributed by atoms with Gasteiger partial charge in [-0.15, -0.1) is 0 Å². The zero-order valence-corrected chi connectivity index (χ0v) is 18.5. The number of halogens is 1. The topological polar surface area (TPSA) is 82.0 Å². The van der Waals surface area contributed by atoms with Gasteiger partial charge in [-0.05, 0) is 41.7 Å². The van der Waals surface area contributed by atoms with E-state index in [9.17, 15) is 9.59 Å². The van der Waals surface area contributed by atoms with E-state index in [1.54, 1.807) is 12.1 Å². The molecule has 0 fully saturated rings. The Morgan fingerprint density at radius 2 is 1.62 bits per heavy atom. The van der Waals surface area contributed by atoms with E-state index in [0.29, 0.717) is 17.0 Å². The fourth-order valence-electron chi connectivity index (χ4n) is 3.49. The van der Waals surface area contributed by atoms with Gasteiger partial charge in [0.1, 0.15) is 12.6 Å². The van der Waals surface area contributed by atoms with Crippen molar-refractivity contribution < 1.29 is 9.59 Å². The van der Waals surface area contributed by atoms with Crippen LogP contribution in [0.15, 0.2) is 78.9 Å². The molecule has 0 spiro atoms. The SMILES string of the molecule is C[C@H](C[C@H](NC(=O)c1ccc(-c2ccccc2Cl)cc1)C(=O)NCC#N)c1ccccc1. The molecule has 3 aromatic carbocycles. The van der Waals surface area contributed by atoms with Gasteiger partial charge in [0.25, 0.3) is 5.91 Å². The third kappa shape index (κ3) is 5.96. The van der Waals surface area contributed by atoms with E-state index in [4.69, 9.17) is 16.9 Å². The summed E-state index contributed by atoms with van der Waals surface area (Å²) in [6.45, 7) is 1.89. The first-order chi connectivity index (χ1) is 15.5. The molecule has 3 aromatic rings. The maximum atomic E-state index is 12.9. The van der Waals surface area contributed by atoms with Gasteiger partial charge >= 0.3 is 0 Å². The lowest BCUT2D eigenvalue weighted by atomic mass is 9.93. The summed E-state index contributed by atoms with van der Waals surface area (Å²) in [4.78, 5) is 25.5. The van der Waals surface area contributed by atoms with Crippen LogP contribution in [0.5, 0.6) is 0 Å². The molecule has 0 aliphatic heterocycles. The van der Waals surface area contributed by atoms with Gasteiger partial charge in [-0.2, -0.15) is 5.26 Å².